The monoisotopic (exact) mass is 457 g/mol. The lowest BCUT2D eigenvalue weighted by atomic mass is 10.1. The quantitative estimate of drug-likeness (QED) is 0.386. The topological polar surface area (TPSA) is 122 Å². The molecule has 9 heteroatoms. The van der Waals surface area contributed by atoms with Gasteiger partial charge in [0.1, 0.15) is 18.2 Å². The van der Waals surface area contributed by atoms with Crippen LogP contribution in [-0.2, 0) is 0 Å². The highest BCUT2D eigenvalue weighted by Crippen LogP contribution is 2.30. The maximum absolute atomic E-state index is 12.7. The number of nitrogens with one attached hydrogen (secondary N) is 2. The second-order valence-electron chi connectivity index (χ2n) is 8.46. The standard InChI is InChI=1S/C25H27N7O2/c1-16-4-5-19(13-21(16)34-11-10-32-8-2-3-9-32)30-23-22-17(6-7-27-24(22)33)12-20(31-23)18-14-28-25(26)29-15-18/h4-7,12-15H,2-3,8-11H2,1H3,(H,27,33)(H,30,31)(H2,26,28,29). The summed E-state index contributed by atoms with van der Waals surface area (Å²) in [6.45, 7) is 5.87. The fourth-order valence-corrected chi connectivity index (χ4v) is 4.18. The van der Waals surface area contributed by atoms with Crippen molar-refractivity contribution in [3.8, 4) is 17.0 Å². The van der Waals surface area contributed by atoms with Gasteiger partial charge < -0.3 is 20.8 Å². The first kappa shape index (κ1) is 21.8. The summed E-state index contributed by atoms with van der Waals surface area (Å²) >= 11 is 0. The Morgan fingerprint density at radius 1 is 1.15 bits per heavy atom. The molecule has 0 amide bonds. The Balaban J connectivity index is 1.45. The van der Waals surface area contributed by atoms with Gasteiger partial charge in [0.25, 0.3) is 5.56 Å². The minimum Gasteiger partial charge on any atom is -0.492 e. The van der Waals surface area contributed by atoms with Crippen molar-refractivity contribution < 1.29 is 4.74 Å². The molecule has 4 heterocycles. The number of nitrogens with two attached hydrogens (primary N) is 1. The molecule has 9 nitrogen and oxygen atoms in total. The molecule has 4 aromatic rings. The van der Waals surface area contributed by atoms with Gasteiger partial charge in [-0.2, -0.15) is 0 Å². The predicted octanol–water partition coefficient (Wildman–Crippen LogP) is 3.49. The van der Waals surface area contributed by atoms with E-state index < -0.39 is 0 Å². The first-order chi connectivity index (χ1) is 16.6. The van der Waals surface area contributed by atoms with Crippen LogP contribution in [-0.4, -0.2) is 51.1 Å². The molecule has 0 unspecified atom stereocenters. The molecule has 0 spiro atoms. The number of aromatic nitrogens is 4. The molecular formula is C25H27N7O2. The van der Waals surface area contributed by atoms with Crippen molar-refractivity contribution in [2.75, 3.05) is 37.3 Å². The van der Waals surface area contributed by atoms with Crippen LogP contribution in [0.1, 0.15) is 18.4 Å². The molecule has 1 saturated heterocycles. The van der Waals surface area contributed by atoms with E-state index in [1.54, 1.807) is 18.6 Å². The van der Waals surface area contributed by atoms with Crippen molar-refractivity contribution in [3.05, 3.63) is 64.8 Å². The number of pyridine rings is 2. The van der Waals surface area contributed by atoms with Crippen LogP contribution in [0.15, 0.2) is 53.7 Å². The second kappa shape index (κ2) is 9.48. The number of rotatable bonds is 7. The number of benzene rings is 1. The molecular weight excluding hydrogens is 430 g/mol. The zero-order chi connectivity index (χ0) is 23.5. The minimum absolute atomic E-state index is 0.191. The predicted molar refractivity (Wildman–Crippen MR) is 133 cm³/mol. The van der Waals surface area contributed by atoms with Gasteiger partial charge in [-0.3, -0.25) is 9.69 Å². The summed E-state index contributed by atoms with van der Waals surface area (Å²) in [4.78, 5) is 30.7. The number of ether oxygens (including phenoxy) is 1. The molecule has 34 heavy (non-hydrogen) atoms. The van der Waals surface area contributed by atoms with E-state index in [2.05, 4.69) is 25.2 Å². The van der Waals surface area contributed by atoms with E-state index in [0.29, 0.717) is 29.1 Å². The number of nitrogens with zero attached hydrogens (tertiary/aromatic N) is 4. The average molecular weight is 458 g/mol. The first-order valence-corrected chi connectivity index (χ1v) is 11.4. The molecule has 0 saturated carbocycles. The Labute approximate surface area is 197 Å². The van der Waals surface area contributed by atoms with Crippen molar-refractivity contribution in [1.82, 2.24) is 24.8 Å². The van der Waals surface area contributed by atoms with Gasteiger partial charge in [0.2, 0.25) is 5.95 Å². The summed E-state index contributed by atoms with van der Waals surface area (Å²) in [7, 11) is 0. The van der Waals surface area contributed by atoms with Crippen molar-refractivity contribution in [2.45, 2.75) is 19.8 Å². The SMILES string of the molecule is Cc1ccc(Nc2nc(-c3cnc(N)nc3)cc3cc[nH]c(=O)c23)cc1OCCN1CCCC1. The largest absolute Gasteiger partial charge is 0.492 e. The fourth-order valence-electron chi connectivity index (χ4n) is 4.18. The van der Waals surface area contributed by atoms with Gasteiger partial charge in [-0.05, 0) is 62.0 Å². The molecule has 4 N–H and O–H groups in total. The van der Waals surface area contributed by atoms with Gasteiger partial charge in [-0.1, -0.05) is 6.07 Å². The van der Waals surface area contributed by atoms with Gasteiger partial charge in [0.15, 0.2) is 0 Å². The third-order valence-corrected chi connectivity index (χ3v) is 6.04. The fraction of sp³-hybridized carbons (Fsp3) is 0.280. The van der Waals surface area contributed by atoms with E-state index in [4.69, 9.17) is 15.5 Å². The van der Waals surface area contributed by atoms with E-state index in [-0.39, 0.29) is 11.5 Å². The average Bonchev–Trinajstić information content (AvgIpc) is 3.35. The number of aryl methyl sites for hydroxylation is 1. The number of aromatic amines is 1. The number of nitrogen functional groups attached to an aromatic ring is 1. The van der Waals surface area contributed by atoms with Crippen molar-refractivity contribution in [1.29, 1.82) is 0 Å². The summed E-state index contributed by atoms with van der Waals surface area (Å²) in [6, 6.07) is 9.58. The summed E-state index contributed by atoms with van der Waals surface area (Å²) in [6.07, 6.45) is 7.38. The van der Waals surface area contributed by atoms with Crippen LogP contribution in [0.3, 0.4) is 0 Å². The van der Waals surface area contributed by atoms with Gasteiger partial charge in [-0.15, -0.1) is 0 Å². The Bertz CT molecular complexity index is 1360. The molecule has 1 aliphatic heterocycles. The Kier molecular flexibility index (Phi) is 6.09. The van der Waals surface area contributed by atoms with Crippen LogP contribution >= 0.6 is 0 Å². The van der Waals surface area contributed by atoms with Crippen LogP contribution in [0.2, 0.25) is 0 Å². The smallest absolute Gasteiger partial charge is 0.259 e. The number of H-pyrrole nitrogens is 1. The molecule has 1 fully saturated rings. The lowest BCUT2D eigenvalue weighted by molar-refractivity contribution is 0.237. The van der Waals surface area contributed by atoms with Gasteiger partial charge in [0.05, 0.1) is 11.1 Å². The Morgan fingerprint density at radius 3 is 2.74 bits per heavy atom. The highest BCUT2D eigenvalue weighted by molar-refractivity contribution is 5.95. The summed E-state index contributed by atoms with van der Waals surface area (Å²) in [5.74, 6) is 1.44. The molecule has 5 rings (SSSR count). The second-order valence-corrected chi connectivity index (χ2v) is 8.46. The maximum Gasteiger partial charge on any atom is 0.259 e. The normalized spacial score (nSPS) is 13.9. The molecule has 0 aliphatic carbocycles. The number of fused-ring (bicyclic) bond motifs is 1. The van der Waals surface area contributed by atoms with Gasteiger partial charge in [0, 0.05) is 42.5 Å². The number of hydrogen-bond acceptors (Lipinski definition) is 8. The number of hydrogen-bond donors (Lipinski definition) is 3. The maximum atomic E-state index is 12.7. The zero-order valence-corrected chi connectivity index (χ0v) is 19.0. The molecule has 0 atom stereocenters. The van der Waals surface area contributed by atoms with Crippen molar-refractivity contribution in [2.24, 2.45) is 0 Å². The number of anilines is 3. The van der Waals surface area contributed by atoms with E-state index in [1.165, 1.54) is 12.8 Å². The molecule has 1 aromatic carbocycles. The van der Waals surface area contributed by atoms with E-state index >= 15 is 0 Å². The Morgan fingerprint density at radius 2 is 1.94 bits per heavy atom. The van der Waals surface area contributed by atoms with Crippen molar-refractivity contribution in [3.63, 3.8) is 0 Å². The van der Waals surface area contributed by atoms with Crippen LogP contribution < -0.4 is 21.3 Å². The zero-order valence-electron chi connectivity index (χ0n) is 19.0. The third kappa shape index (κ3) is 4.69. The summed E-state index contributed by atoms with van der Waals surface area (Å²) in [5.41, 5.74) is 8.58. The van der Waals surface area contributed by atoms with Crippen LogP contribution in [0, 0.1) is 6.92 Å². The number of likely N-dealkylation sites (tertiary alicyclic amines) is 1. The van der Waals surface area contributed by atoms with Crippen LogP contribution in [0.4, 0.5) is 17.5 Å². The third-order valence-electron chi connectivity index (χ3n) is 6.04. The van der Waals surface area contributed by atoms with E-state index in [0.717, 1.165) is 42.0 Å². The summed E-state index contributed by atoms with van der Waals surface area (Å²) < 4.78 is 6.09. The van der Waals surface area contributed by atoms with E-state index in [1.807, 2.05) is 37.3 Å². The van der Waals surface area contributed by atoms with Gasteiger partial charge >= 0.3 is 0 Å². The molecule has 1 aliphatic rings. The Hall–Kier alpha value is -3.98. The molecule has 0 bridgehead atoms. The summed E-state index contributed by atoms with van der Waals surface area (Å²) in [5, 5.41) is 4.55. The van der Waals surface area contributed by atoms with E-state index in [9.17, 15) is 4.79 Å². The van der Waals surface area contributed by atoms with Gasteiger partial charge in [-0.25, -0.2) is 15.0 Å². The molecule has 0 radical (unpaired) electrons. The van der Waals surface area contributed by atoms with Crippen LogP contribution in [0.5, 0.6) is 5.75 Å². The molecule has 174 valence electrons. The highest BCUT2D eigenvalue weighted by atomic mass is 16.5. The first-order valence-electron chi connectivity index (χ1n) is 11.4. The lowest BCUT2D eigenvalue weighted by Crippen LogP contribution is -2.25. The van der Waals surface area contributed by atoms with Crippen molar-refractivity contribution >= 4 is 28.2 Å². The minimum atomic E-state index is -0.221. The highest BCUT2D eigenvalue weighted by Gasteiger charge is 2.14. The molecule has 3 aromatic heterocycles. The lowest BCUT2D eigenvalue weighted by Gasteiger charge is -2.17. The van der Waals surface area contributed by atoms with Crippen LogP contribution in [0.25, 0.3) is 22.0 Å².